The first-order valence-electron chi connectivity index (χ1n) is 3.90. The van der Waals surface area contributed by atoms with Crippen molar-refractivity contribution in [2.24, 2.45) is 0 Å². The molecular formula is C9H10BrN. The summed E-state index contributed by atoms with van der Waals surface area (Å²) in [5.41, 5.74) is 2.61. The Morgan fingerprint density at radius 2 is 2.27 bits per heavy atom. The molecule has 0 saturated heterocycles. The molecule has 1 aliphatic rings. The Morgan fingerprint density at radius 3 is 2.82 bits per heavy atom. The molecule has 0 aliphatic heterocycles. The van der Waals surface area contributed by atoms with Crippen LogP contribution < -0.4 is 0 Å². The Kier molecular flexibility index (Phi) is 1.72. The highest BCUT2D eigenvalue weighted by Gasteiger charge is 2.27. The summed E-state index contributed by atoms with van der Waals surface area (Å²) < 4.78 is 1.23. The van der Waals surface area contributed by atoms with Crippen LogP contribution >= 0.6 is 15.9 Å². The summed E-state index contributed by atoms with van der Waals surface area (Å²) >= 11 is 3.55. The van der Waals surface area contributed by atoms with Crippen LogP contribution in [0.5, 0.6) is 0 Å². The van der Waals surface area contributed by atoms with E-state index in [9.17, 15) is 0 Å². The zero-order valence-electron chi connectivity index (χ0n) is 6.47. The molecule has 0 atom stereocenters. The average molecular weight is 212 g/mol. The van der Waals surface area contributed by atoms with Crippen molar-refractivity contribution in [2.45, 2.75) is 25.7 Å². The van der Waals surface area contributed by atoms with E-state index in [2.05, 4.69) is 27.8 Å². The van der Waals surface area contributed by atoms with Gasteiger partial charge in [0.25, 0.3) is 0 Å². The maximum absolute atomic E-state index is 4.27. The molecule has 1 fully saturated rings. The summed E-state index contributed by atoms with van der Waals surface area (Å²) in [4.78, 5) is 4.27. The van der Waals surface area contributed by atoms with E-state index in [1.165, 1.54) is 28.6 Å². The second-order valence-electron chi connectivity index (χ2n) is 3.07. The standard InChI is InChI=1S/C9H10BrN/c1-6-9(7-2-3-7)8(10)4-5-11-6/h4-5,7H,2-3H2,1H3. The normalized spacial score (nSPS) is 16.9. The lowest BCUT2D eigenvalue weighted by atomic mass is 10.1. The molecule has 2 heteroatoms. The number of hydrogen-bond acceptors (Lipinski definition) is 1. The van der Waals surface area contributed by atoms with Gasteiger partial charge in [0.05, 0.1) is 0 Å². The van der Waals surface area contributed by atoms with Crippen LogP contribution in [0.15, 0.2) is 16.7 Å². The van der Waals surface area contributed by atoms with Crippen molar-refractivity contribution in [3.63, 3.8) is 0 Å². The van der Waals surface area contributed by atoms with Crippen molar-refractivity contribution in [3.8, 4) is 0 Å². The maximum atomic E-state index is 4.27. The summed E-state index contributed by atoms with van der Waals surface area (Å²) in [5.74, 6) is 0.790. The molecule has 1 saturated carbocycles. The van der Waals surface area contributed by atoms with Crippen LogP contribution in [0.3, 0.4) is 0 Å². The first kappa shape index (κ1) is 7.29. The molecule has 1 nitrogen and oxygen atoms in total. The van der Waals surface area contributed by atoms with Gasteiger partial charge in [-0.2, -0.15) is 0 Å². The Hall–Kier alpha value is -0.370. The monoisotopic (exact) mass is 211 g/mol. The van der Waals surface area contributed by atoms with Gasteiger partial charge in [0.15, 0.2) is 0 Å². The lowest BCUT2D eigenvalue weighted by Crippen LogP contribution is -1.90. The molecule has 0 N–H and O–H groups in total. The predicted molar refractivity (Wildman–Crippen MR) is 48.6 cm³/mol. The quantitative estimate of drug-likeness (QED) is 0.697. The molecule has 1 aliphatic carbocycles. The number of rotatable bonds is 1. The van der Waals surface area contributed by atoms with Crippen LogP contribution in [-0.2, 0) is 0 Å². The minimum Gasteiger partial charge on any atom is -0.261 e. The number of aryl methyl sites for hydroxylation is 1. The first-order chi connectivity index (χ1) is 5.29. The molecule has 1 heterocycles. The van der Waals surface area contributed by atoms with Crippen LogP contribution in [0.2, 0.25) is 0 Å². The summed E-state index contributed by atoms with van der Waals surface area (Å²) in [6, 6.07) is 2.03. The highest BCUT2D eigenvalue weighted by molar-refractivity contribution is 9.10. The summed E-state index contributed by atoms with van der Waals surface area (Å²) in [6.07, 6.45) is 4.53. The van der Waals surface area contributed by atoms with Gasteiger partial charge in [-0.25, -0.2) is 0 Å². The Labute approximate surface area is 75.0 Å². The SMILES string of the molecule is Cc1nccc(Br)c1C1CC1. The molecule has 1 aromatic rings. The van der Waals surface area contributed by atoms with Crippen molar-refractivity contribution in [3.05, 3.63) is 28.0 Å². The molecule has 0 aromatic carbocycles. The fourth-order valence-electron chi connectivity index (χ4n) is 1.41. The molecule has 0 spiro atoms. The lowest BCUT2D eigenvalue weighted by Gasteiger charge is -2.04. The molecule has 1 aromatic heterocycles. The fourth-order valence-corrected chi connectivity index (χ4v) is 2.14. The van der Waals surface area contributed by atoms with E-state index in [-0.39, 0.29) is 0 Å². The molecule has 0 radical (unpaired) electrons. The molecule has 0 unspecified atom stereocenters. The minimum atomic E-state index is 0.790. The average Bonchev–Trinajstić information content (AvgIpc) is 2.70. The van der Waals surface area contributed by atoms with E-state index >= 15 is 0 Å². The van der Waals surface area contributed by atoms with Gasteiger partial charge in [0.1, 0.15) is 0 Å². The van der Waals surface area contributed by atoms with Crippen LogP contribution in [0.4, 0.5) is 0 Å². The summed E-state index contributed by atoms with van der Waals surface area (Å²) in [7, 11) is 0. The van der Waals surface area contributed by atoms with E-state index in [4.69, 9.17) is 0 Å². The van der Waals surface area contributed by atoms with Crippen molar-refractivity contribution in [2.75, 3.05) is 0 Å². The minimum absolute atomic E-state index is 0.790. The molecular weight excluding hydrogens is 202 g/mol. The van der Waals surface area contributed by atoms with Gasteiger partial charge in [-0.15, -0.1) is 0 Å². The molecule has 0 amide bonds. The number of halogens is 1. The maximum Gasteiger partial charge on any atom is 0.0418 e. The lowest BCUT2D eigenvalue weighted by molar-refractivity contribution is 1.03. The first-order valence-corrected chi connectivity index (χ1v) is 4.69. The number of nitrogens with zero attached hydrogens (tertiary/aromatic N) is 1. The second kappa shape index (κ2) is 2.59. The molecule has 0 bridgehead atoms. The summed E-state index contributed by atoms with van der Waals surface area (Å²) in [6.45, 7) is 2.08. The van der Waals surface area contributed by atoms with Gasteiger partial charge < -0.3 is 0 Å². The molecule has 58 valence electrons. The third-order valence-electron chi connectivity index (χ3n) is 2.12. The number of pyridine rings is 1. The van der Waals surface area contributed by atoms with Gasteiger partial charge in [-0.05, 0) is 37.3 Å². The highest BCUT2D eigenvalue weighted by atomic mass is 79.9. The van der Waals surface area contributed by atoms with Gasteiger partial charge in [0, 0.05) is 16.4 Å². The molecule has 11 heavy (non-hydrogen) atoms. The second-order valence-corrected chi connectivity index (χ2v) is 3.92. The third-order valence-corrected chi connectivity index (χ3v) is 2.81. The van der Waals surface area contributed by atoms with E-state index < -0.39 is 0 Å². The van der Waals surface area contributed by atoms with Gasteiger partial charge in [0.2, 0.25) is 0 Å². The van der Waals surface area contributed by atoms with Gasteiger partial charge >= 0.3 is 0 Å². The van der Waals surface area contributed by atoms with Crippen molar-refractivity contribution >= 4 is 15.9 Å². The fraction of sp³-hybridized carbons (Fsp3) is 0.444. The van der Waals surface area contributed by atoms with Crippen molar-refractivity contribution in [1.29, 1.82) is 0 Å². The Bertz CT molecular complexity index is 259. The van der Waals surface area contributed by atoms with Crippen molar-refractivity contribution in [1.82, 2.24) is 4.98 Å². The van der Waals surface area contributed by atoms with Gasteiger partial charge in [-0.1, -0.05) is 15.9 Å². The number of hydrogen-bond donors (Lipinski definition) is 0. The van der Waals surface area contributed by atoms with E-state index in [0.29, 0.717) is 0 Å². The third kappa shape index (κ3) is 1.32. The zero-order valence-corrected chi connectivity index (χ0v) is 8.06. The Balaban J connectivity index is 2.48. The predicted octanol–water partition coefficient (Wildman–Crippen LogP) is 3.03. The van der Waals surface area contributed by atoms with E-state index in [0.717, 1.165) is 5.92 Å². The topological polar surface area (TPSA) is 12.9 Å². The smallest absolute Gasteiger partial charge is 0.0418 e. The van der Waals surface area contributed by atoms with Crippen LogP contribution in [0, 0.1) is 6.92 Å². The van der Waals surface area contributed by atoms with E-state index in [1.54, 1.807) is 0 Å². The Morgan fingerprint density at radius 1 is 1.55 bits per heavy atom. The van der Waals surface area contributed by atoms with Gasteiger partial charge in [-0.3, -0.25) is 4.98 Å². The van der Waals surface area contributed by atoms with Crippen LogP contribution in [0.1, 0.15) is 30.0 Å². The van der Waals surface area contributed by atoms with Crippen molar-refractivity contribution < 1.29 is 0 Å². The largest absolute Gasteiger partial charge is 0.261 e. The zero-order chi connectivity index (χ0) is 7.84. The van der Waals surface area contributed by atoms with E-state index in [1.807, 2.05) is 12.3 Å². The van der Waals surface area contributed by atoms with Crippen LogP contribution in [-0.4, -0.2) is 4.98 Å². The number of aromatic nitrogens is 1. The molecule has 2 rings (SSSR count). The summed E-state index contributed by atoms with van der Waals surface area (Å²) in [5, 5.41) is 0. The van der Waals surface area contributed by atoms with Crippen LogP contribution in [0.25, 0.3) is 0 Å². The highest BCUT2D eigenvalue weighted by Crippen LogP contribution is 2.44.